The molecule has 18 heavy (non-hydrogen) atoms. The molecule has 4 rings (SSSR count). The zero-order chi connectivity index (χ0) is 12.1. The Labute approximate surface area is 109 Å². The standard InChI is InChI=1S/C16H13NS/c1-2-17-13-9-5-3-7-11(13)15-12-8-4-6-10-14(12)18-16(15)17/h3-10H,2H2,1H3. The van der Waals surface area contributed by atoms with Crippen LogP contribution < -0.4 is 0 Å². The van der Waals surface area contributed by atoms with Gasteiger partial charge < -0.3 is 4.57 Å². The molecule has 2 aromatic heterocycles. The molecule has 2 heteroatoms. The van der Waals surface area contributed by atoms with Gasteiger partial charge in [-0.3, -0.25) is 0 Å². The summed E-state index contributed by atoms with van der Waals surface area (Å²) in [5.74, 6) is 0. The molecule has 0 aliphatic rings. The summed E-state index contributed by atoms with van der Waals surface area (Å²) in [6, 6.07) is 17.4. The summed E-state index contributed by atoms with van der Waals surface area (Å²) in [5.41, 5.74) is 1.35. The van der Waals surface area contributed by atoms with E-state index in [1.165, 1.54) is 31.2 Å². The van der Waals surface area contributed by atoms with E-state index in [1.807, 2.05) is 11.3 Å². The highest BCUT2D eigenvalue weighted by molar-refractivity contribution is 7.25. The average Bonchev–Trinajstić information content (AvgIpc) is 2.92. The van der Waals surface area contributed by atoms with Gasteiger partial charge in [-0.1, -0.05) is 36.4 Å². The third-order valence-electron chi connectivity index (χ3n) is 3.60. The van der Waals surface area contributed by atoms with E-state index in [4.69, 9.17) is 0 Å². The zero-order valence-corrected chi connectivity index (χ0v) is 11.0. The smallest absolute Gasteiger partial charge is 0.105 e. The lowest BCUT2D eigenvalue weighted by Gasteiger charge is -2.00. The number of para-hydroxylation sites is 1. The molecule has 4 aromatic rings. The number of benzene rings is 2. The maximum Gasteiger partial charge on any atom is 0.105 e. The molecular weight excluding hydrogens is 238 g/mol. The van der Waals surface area contributed by atoms with Gasteiger partial charge in [0.2, 0.25) is 0 Å². The van der Waals surface area contributed by atoms with Crippen LogP contribution in [0.4, 0.5) is 0 Å². The largest absolute Gasteiger partial charge is 0.332 e. The number of aromatic nitrogens is 1. The van der Waals surface area contributed by atoms with Gasteiger partial charge in [0.05, 0.1) is 0 Å². The molecule has 0 unspecified atom stereocenters. The molecule has 0 atom stereocenters. The highest BCUT2D eigenvalue weighted by Gasteiger charge is 2.14. The summed E-state index contributed by atoms with van der Waals surface area (Å²) >= 11 is 1.90. The van der Waals surface area contributed by atoms with E-state index >= 15 is 0 Å². The van der Waals surface area contributed by atoms with Gasteiger partial charge in [0.1, 0.15) is 4.83 Å². The Morgan fingerprint density at radius 1 is 0.944 bits per heavy atom. The Balaban J connectivity index is 2.36. The van der Waals surface area contributed by atoms with Crippen molar-refractivity contribution in [3.8, 4) is 0 Å². The number of aryl methyl sites for hydroxylation is 1. The lowest BCUT2D eigenvalue weighted by molar-refractivity contribution is 0.832. The Hall–Kier alpha value is -1.80. The van der Waals surface area contributed by atoms with Crippen LogP contribution in [0.3, 0.4) is 0 Å². The van der Waals surface area contributed by atoms with Gasteiger partial charge in [-0.05, 0) is 19.1 Å². The second-order valence-corrected chi connectivity index (χ2v) is 5.57. The Morgan fingerprint density at radius 2 is 1.67 bits per heavy atom. The molecule has 0 saturated heterocycles. The highest BCUT2D eigenvalue weighted by Crippen LogP contribution is 2.40. The SMILES string of the molecule is CCn1c2ccccc2c2c3ccccc3sc21. The van der Waals surface area contributed by atoms with Crippen LogP contribution in [-0.2, 0) is 6.54 Å². The van der Waals surface area contributed by atoms with Gasteiger partial charge >= 0.3 is 0 Å². The summed E-state index contributed by atoms with van der Waals surface area (Å²) in [6.45, 7) is 3.24. The number of rotatable bonds is 1. The number of nitrogens with zero attached hydrogens (tertiary/aromatic N) is 1. The maximum absolute atomic E-state index is 2.43. The molecule has 0 saturated carbocycles. The normalized spacial score (nSPS) is 11.8. The van der Waals surface area contributed by atoms with Crippen LogP contribution in [0.25, 0.3) is 31.2 Å². The first-order valence-electron chi connectivity index (χ1n) is 6.28. The van der Waals surface area contributed by atoms with Crippen molar-refractivity contribution in [1.29, 1.82) is 0 Å². The summed E-state index contributed by atoms with van der Waals surface area (Å²) in [6.07, 6.45) is 0. The molecule has 1 nitrogen and oxygen atoms in total. The van der Waals surface area contributed by atoms with Crippen LogP contribution in [0.15, 0.2) is 48.5 Å². The minimum Gasteiger partial charge on any atom is -0.332 e. The first kappa shape index (κ1) is 10.2. The molecule has 0 N–H and O–H groups in total. The molecule has 0 aliphatic heterocycles. The third-order valence-corrected chi connectivity index (χ3v) is 4.80. The fourth-order valence-electron chi connectivity index (χ4n) is 2.83. The highest BCUT2D eigenvalue weighted by atomic mass is 32.1. The van der Waals surface area contributed by atoms with Crippen molar-refractivity contribution in [2.75, 3.05) is 0 Å². The molecule has 0 aliphatic carbocycles. The third kappa shape index (κ3) is 1.16. The van der Waals surface area contributed by atoms with E-state index in [1.54, 1.807) is 0 Å². The lowest BCUT2D eigenvalue weighted by Crippen LogP contribution is -1.90. The average molecular weight is 251 g/mol. The fraction of sp³-hybridized carbons (Fsp3) is 0.125. The summed E-state index contributed by atoms with van der Waals surface area (Å²) < 4.78 is 3.81. The van der Waals surface area contributed by atoms with E-state index in [9.17, 15) is 0 Å². The first-order valence-corrected chi connectivity index (χ1v) is 7.10. The van der Waals surface area contributed by atoms with Crippen LogP contribution in [0.1, 0.15) is 6.92 Å². The van der Waals surface area contributed by atoms with Crippen LogP contribution in [0.2, 0.25) is 0 Å². The van der Waals surface area contributed by atoms with E-state index in [2.05, 4.69) is 60.0 Å². The van der Waals surface area contributed by atoms with Gasteiger partial charge in [-0.25, -0.2) is 0 Å². The van der Waals surface area contributed by atoms with Crippen molar-refractivity contribution in [2.24, 2.45) is 0 Å². The van der Waals surface area contributed by atoms with Gasteiger partial charge in [0.15, 0.2) is 0 Å². The molecule has 2 aromatic carbocycles. The molecule has 88 valence electrons. The molecular formula is C16H13NS. The zero-order valence-electron chi connectivity index (χ0n) is 10.2. The second kappa shape index (κ2) is 3.59. The van der Waals surface area contributed by atoms with Crippen LogP contribution in [-0.4, -0.2) is 4.57 Å². The number of fused-ring (bicyclic) bond motifs is 5. The fourth-order valence-corrected chi connectivity index (χ4v) is 4.12. The van der Waals surface area contributed by atoms with Crippen LogP contribution >= 0.6 is 11.3 Å². The van der Waals surface area contributed by atoms with Gasteiger partial charge in [0.25, 0.3) is 0 Å². The molecule has 0 amide bonds. The summed E-state index contributed by atoms with van der Waals surface area (Å²) in [5, 5.41) is 4.20. The van der Waals surface area contributed by atoms with Crippen molar-refractivity contribution in [1.82, 2.24) is 4.57 Å². The summed E-state index contributed by atoms with van der Waals surface area (Å²) in [4.78, 5) is 1.40. The van der Waals surface area contributed by atoms with Gasteiger partial charge in [0, 0.05) is 32.9 Å². The van der Waals surface area contributed by atoms with Gasteiger partial charge in [-0.15, -0.1) is 11.3 Å². The quantitative estimate of drug-likeness (QED) is 0.447. The van der Waals surface area contributed by atoms with Crippen molar-refractivity contribution in [2.45, 2.75) is 13.5 Å². The van der Waals surface area contributed by atoms with Crippen molar-refractivity contribution in [3.63, 3.8) is 0 Å². The minimum atomic E-state index is 1.02. The Kier molecular flexibility index (Phi) is 2.03. The van der Waals surface area contributed by atoms with Crippen molar-refractivity contribution in [3.05, 3.63) is 48.5 Å². The molecule has 0 spiro atoms. The lowest BCUT2D eigenvalue weighted by atomic mass is 10.1. The van der Waals surface area contributed by atoms with Crippen molar-refractivity contribution < 1.29 is 0 Å². The second-order valence-electron chi connectivity index (χ2n) is 4.54. The number of thiophene rings is 1. The number of hydrogen-bond donors (Lipinski definition) is 0. The van der Waals surface area contributed by atoms with E-state index in [0.29, 0.717) is 0 Å². The van der Waals surface area contributed by atoms with Crippen molar-refractivity contribution >= 4 is 42.5 Å². The molecule has 2 heterocycles. The maximum atomic E-state index is 2.43. The first-order chi connectivity index (χ1) is 8.90. The van der Waals surface area contributed by atoms with Gasteiger partial charge in [-0.2, -0.15) is 0 Å². The van der Waals surface area contributed by atoms with Crippen LogP contribution in [0.5, 0.6) is 0 Å². The monoisotopic (exact) mass is 251 g/mol. The Bertz CT molecular complexity index is 867. The van der Waals surface area contributed by atoms with E-state index < -0.39 is 0 Å². The molecule has 0 radical (unpaired) electrons. The van der Waals surface area contributed by atoms with E-state index in [0.717, 1.165) is 6.54 Å². The van der Waals surface area contributed by atoms with Crippen LogP contribution in [0, 0.1) is 0 Å². The summed E-state index contributed by atoms with van der Waals surface area (Å²) in [7, 11) is 0. The molecule has 0 bridgehead atoms. The predicted molar refractivity (Wildman–Crippen MR) is 80.5 cm³/mol. The van der Waals surface area contributed by atoms with E-state index in [-0.39, 0.29) is 0 Å². The minimum absolute atomic E-state index is 1.02. The predicted octanol–water partition coefficient (Wildman–Crippen LogP) is 5.03. The molecule has 0 fully saturated rings. The topological polar surface area (TPSA) is 4.93 Å². The Morgan fingerprint density at radius 3 is 2.50 bits per heavy atom. The number of hydrogen-bond acceptors (Lipinski definition) is 1.